The lowest BCUT2D eigenvalue weighted by Gasteiger charge is -2.22. The van der Waals surface area contributed by atoms with Crippen LogP contribution in [0.15, 0.2) is 0 Å². The summed E-state index contributed by atoms with van der Waals surface area (Å²) >= 11 is 0. The number of amides is 1. The van der Waals surface area contributed by atoms with E-state index in [1.165, 1.54) is 14.0 Å². The first-order valence-electron chi connectivity index (χ1n) is 4.68. The van der Waals surface area contributed by atoms with Gasteiger partial charge in [-0.3, -0.25) is 4.79 Å². The Hall–Kier alpha value is -1.39. The van der Waals surface area contributed by atoms with Gasteiger partial charge in [0.15, 0.2) is 0 Å². The van der Waals surface area contributed by atoms with Crippen LogP contribution in [-0.4, -0.2) is 30.3 Å². The van der Waals surface area contributed by atoms with Gasteiger partial charge in [-0.15, -0.1) is 0 Å². The van der Waals surface area contributed by atoms with Crippen LogP contribution in [0.25, 0.3) is 0 Å². The summed E-state index contributed by atoms with van der Waals surface area (Å²) in [7, 11) is 1.26. The van der Waals surface area contributed by atoms with Gasteiger partial charge in [-0.05, 0) is 20.8 Å². The number of carbonyl (C=O) groups excluding carboxylic acids is 3. The normalized spacial score (nSPS) is 10.7. The van der Waals surface area contributed by atoms with Gasteiger partial charge in [0.25, 0.3) is 0 Å². The van der Waals surface area contributed by atoms with Crippen molar-refractivity contribution in [1.29, 1.82) is 0 Å². The Balaban J connectivity index is 4.16. The Kier molecular flexibility index (Phi) is 4.97. The minimum Gasteiger partial charge on any atom is -0.467 e. The first-order valence-corrected chi connectivity index (χ1v) is 4.68. The van der Waals surface area contributed by atoms with Crippen LogP contribution in [0.1, 0.15) is 33.6 Å². The standard InChI is InChI=1S/C10H17NO4/c1-7(12)5-6-8(13)11-10(2,3)9(14)15-4/h5-6H2,1-4H3,(H,11,13). The van der Waals surface area contributed by atoms with Gasteiger partial charge in [0.05, 0.1) is 7.11 Å². The number of nitrogens with one attached hydrogen (secondary N) is 1. The predicted octanol–water partition coefficient (Wildman–Crippen LogP) is 0.423. The highest BCUT2D eigenvalue weighted by molar-refractivity contribution is 5.89. The number of ketones is 1. The molecule has 0 spiro atoms. The highest BCUT2D eigenvalue weighted by Gasteiger charge is 2.30. The molecule has 5 nitrogen and oxygen atoms in total. The fourth-order valence-electron chi connectivity index (χ4n) is 1.01. The summed E-state index contributed by atoms with van der Waals surface area (Å²) in [4.78, 5) is 33.1. The van der Waals surface area contributed by atoms with Crippen LogP contribution in [0, 0.1) is 0 Å². The van der Waals surface area contributed by atoms with Gasteiger partial charge in [0.1, 0.15) is 11.3 Å². The van der Waals surface area contributed by atoms with E-state index in [0.29, 0.717) is 0 Å². The lowest BCUT2D eigenvalue weighted by atomic mass is 10.1. The van der Waals surface area contributed by atoms with E-state index in [2.05, 4.69) is 10.1 Å². The molecular formula is C10H17NO4. The number of methoxy groups -OCH3 is 1. The maximum Gasteiger partial charge on any atom is 0.330 e. The molecule has 0 fully saturated rings. The molecule has 0 atom stereocenters. The summed E-state index contributed by atoms with van der Waals surface area (Å²) in [5, 5.41) is 2.50. The molecule has 0 aromatic carbocycles. The minimum atomic E-state index is -1.05. The number of Topliss-reactive ketones (excluding diaryl/α,β-unsaturated/α-hetero) is 1. The maximum atomic E-state index is 11.3. The second-order valence-electron chi connectivity index (χ2n) is 3.87. The Morgan fingerprint density at radius 1 is 1.20 bits per heavy atom. The van der Waals surface area contributed by atoms with Crippen molar-refractivity contribution in [2.75, 3.05) is 7.11 Å². The van der Waals surface area contributed by atoms with Crippen molar-refractivity contribution < 1.29 is 19.1 Å². The lowest BCUT2D eigenvalue weighted by molar-refractivity contribution is -0.149. The maximum absolute atomic E-state index is 11.3. The largest absolute Gasteiger partial charge is 0.467 e. The van der Waals surface area contributed by atoms with Crippen LogP contribution in [0.2, 0.25) is 0 Å². The van der Waals surface area contributed by atoms with Crippen LogP contribution < -0.4 is 5.32 Å². The summed E-state index contributed by atoms with van der Waals surface area (Å²) in [5.74, 6) is -0.903. The quantitative estimate of drug-likeness (QED) is 0.675. The van der Waals surface area contributed by atoms with Gasteiger partial charge in [-0.1, -0.05) is 0 Å². The zero-order valence-electron chi connectivity index (χ0n) is 9.55. The Bertz CT molecular complexity index is 271. The van der Waals surface area contributed by atoms with E-state index >= 15 is 0 Å². The molecule has 0 saturated carbocycles. The lowest BCUT2D eigenvalue weighted by Crippen LogP contribution is -2.50. The fourth-order valence-corrected chi connectivity index (χ4v) is 1.01. The number of esters is 1. The molecule has 0 aliphatic carbocycles. The van der Waals surface area contributed by atoms with Crippen molar-refractivity contribution in [2.45, 2.75) is 39.2 Å². The van der Waals surface area contributed by atoms with Gasteiger partial charge >= 0.3 is 5.97 Å². The molecular weight excluding hydrogens is 198 g/mol. The van der Waals surface area contributed by atoms with Crippen molar-refractivity contribution in [1.82, 2.24) is 5.32 Å². The Labute approximate surface area is 89.2 Å². The molecule has 0 heterocycles. The van der Waals surface area contributed by atoms with Gasteiger partial charge in [0, 0.05) is 12.8 Å². The van der Waals surface area contributed by atoms with E-state index < -0.39 is 11.5 Å². The molecule has 0 radical (unpaired) electrons. The van der Waals surface area contributed by atoms with Crippen LogP contribution >= 0.6 is 0 Å². The van der Waals surface area contributed by atoms with E-state index in [4.69, 9.17) is 0 Å². The summed E-state index contributed by atoms with van der Waals surface area (Å²) in [6.45, 7) is 4.51. The molecule has 1 N–H and O–H groups in total. The molecule has 0 aromatic rings. The second kappa shape index (κ2) is 5.48. The van der Waals surface area contributed by atoms with E-state index in [1.807, 2.05) is 0 Å². The minimum absolute atomic E-state index is 0.0546. The monoisotopic (exact) mass is 215 g/mol. The molecule has 0 unspecified atom stereocenters. The molecule has 1 amide bonds. The number of hydrogen-bond acceptors (Lipinski definition) is 4. The molecule has 0 bridgehead atoms. The summed E-state index contributed by atoms with van der Waals surface area (Å²) in [6.07, 6.45) is 0.277. The number of rotatable bonds is 5. The number of hydrogen-bond donors (Lipinski definition) is 1. The van der Waals surface area contributed by atoms with Crippen molar-refractivity contribution in [3.8, 4) is 0 Å². The first kappa shape index (κ1) is 13.6. The van der Waals surface area contributed by atoms with Gasteiger partial charge in [-0.25, -0.2) is 4.79 Å². The third-order valence-electron chi connectivity index (χ3n) is 1.85. The van der Waals surface area contributed by atoms with E-state index in [0.717, 1.165) is 0 Å². The van der Waals surface area contributed by atoms with Gasteiger partial charge < -0.3 is 14.8 Å². The van der Waals surface area contributed by atoms with Crippen molar-refractivity contribution in [3.63, 3.8) is 0 Å². The van der Waals surface area contributed by atoms with Crippen molar-refractivity contribution in [3.05, 3.63) is 0 Å². The SMILES string of the molecule is COC(=O)C(C)(C)NC(=O)CCC(C)=O. The molecule has 5 heteroatoms. The summed E-state index contributed by atoms with van der Waals surface area (Å²) < 4.78 is 4.52. The first-order chi connectivity index (χ1) is 6.79. The van der Waals surface area contributed by atoms with Gasteiger partial charge in [0.2, 0.25) is 5.91 Å². The van der Waals surface area contributed by atoms with Gasteiger partial charge in [-0.2, -0.15) is 0 Å². The highest BCUT2D eigenvalue weighted by atomic mass is 16.5. The number of ether oxygens (including phenoxy) is 1. The molecule has 0 aliphatic heterocycles. The zero-order valence-corrected chi connectivity index (χ0v) is 9.55. The van der Waals surface area contributed by atoms with Crippen molar-refractivity contribution >= 4 is 17.7 Å². The van der Waals surface area contributed by atoms with Crippen LogP contribution in [-0.2, 0) is 19.1 Å². The topological polar surface area (TPSA) is 72.5 Å². The Morgan fingerprint density at radius 2 is 1.73 bits per heavy atom. The van der Waals surface area contributed by atoms with Crippen LogP contribution in [0.5, 0.6) is 0 Å². The second-order valence-corrected chi connectivity index (χ2v) is 3.87. The van der Waals surface area contributed by atoms with Crippen LogP contribution in [0.4, 0.5) is 0 Å². The smallest absolute Gasteiger partial charge is 0.330 e. The zero-order chi connectivity index (χ0) is 12.1. The molecule has 0 rings (SSSR count). The predicted molar refractivity (Wildman–Crippen MR) is 54.2 cm³/mol. The molecule has 0 aliphatic rings. The highest BCUT2D eigenvalue weighted by Crippen LogP contribution is 2.05. The summed E-state index contributed by atoms with van der Waals surface area (Å²) in [6, 6.07) is 0. The average Bonchev–Trinajstić information content (AvgIpc) is 2.12. The van der Waals surface area contributed by atoms with Crippen molar-refractivity contribution in [2.24, 2.45) is 0 Å². The van der Waals surface area contributed by atoms with Crippen LogP contribution in [0.3, 0.4) is 0 Å². The molecule has 86 valence electrons. The Morgan fingerprint density at radius 3 is 2.13 bits per heavy atom. The third-order valence-corrected chi connectivity index (χ3v) is 1.85. The fraction of sp³-hybridized carbons (Fsp3) is 0.700. The van der Waals surface area contributed by atoms with E-state index in [9.17, 15) is 14.4 Å². The summed E-state index contributed by atoms with van der Waals surface area (Å²) in [5.41, 5.74) is -1.05. The van der Waals surface area contributed by atoms with E-state index in [-0.39, 0.29) is 24.5 Å². The third kappa shape index (κ3) is 5.15. The molecule has 0 aromatic heterocycles. The number of carbonyl (C=O) groups is 3. The van der Waals surface area contributed by atoms with E-state index in [1.54, 1.807) is 13.8 Å². The average molecular weight is 215 g/mol. The molecule has 0 saturated heterocycles. The molecule has 15 heavy (non-hydrogen) atoms.